The Balaban J connectivity index is 2.33. The lowest BCUT2D eigenvalue weighted by Crippen LogP contribution is -2.42. The molecule has 0 N–H and O–H groups in total. The number of ketones is 1. The minimum Gasteiger partial charge on any atom is -0.464 e. The maximum Gasteiger partial charge on any atom is 0.354 e. The van der Waals surface area contributed by atoms with E-state index >= 15 is 0 Å². The van der Waals surface area contributed by atoms with Gasteiger partial charge in [-0.25, -0.2) is 4.79 Å². The van der Waals surface area contributed by atoms with E-state index in [0.717, 1.165) is 18.5 Å². The third-order valence-corrected chi connectivity index (χ3v) is 5.56. The van der Waals surface area contributed by atoms with E-state index in [4.69, 9.17) is 9.47 Å². The zero-order chi connectivity index (χ0) is 22.6. The molecule has 7 nitrogen and oxygen atoms in total. The second-order valence-electron chi connectivity index (χ2n) is 9.24. The molecule has 2 heterocycles. The molecule has 0 aliphatic carbocycles. The minimum atomic E-state index is -0.462. The van der Waals surface area contributed by atoms with E-state index in [-0.39, 0.29) is 29.8 Å². The van der Waals surface area contributed by atoms with E-state index in [1.54, 1.807) is 16.4 Å². The number of esters is 1. The van der Waals surface area contributed by atoms with E-state index in [9.17, 15) is 14.4 Å². The highest BCUT2D eigenvalue weighted by Crippen LogP contribution is 2.26. The van der Waals surface area contributed by atoms with Gasteiger partial charge in [-0.05, 0) is 44.6 Å². The van der Waals surface area contributed by atoms with Crippen LogP contribution in [0.15, 0.2) is 0 Å². The van der Waals surface area contributed by atoms with Crippen LogP contribution in [0.4, 0.5) is 0 Å². The summed E-state index contributed by atoms with van der Waals surface area (Å²) in [6.07, 6.45) is 2.19. The third-order valence-electron chi connectivity index (χ3n) is 5.56. The van der Waals surface area contributed by atoms with Gasteiger partial charge in [0.05, 0.1) is 19.8 Å². The molecule has 1 aromatic rings. The first-order chi connectivity index (χ1) is 14.0. The predicted molar refractivity (Wildman–Crippen MR) is 115 cm³/mol. The van der Waals surface area contributed by atoms with Crippen LogP contribution in [0.3, 0.4) is 0 Å². The van der Waals surface area contributed by atoms with Gasteiger partial charge in [0.2, 0.25) is 5.91 Å². The van der Waals surface area contributed by atoms with Crippen LogP contribution in [0.5, 0.6) is 0 Å². The molecule has 1 atom stereocenters. The molecule has 0 saturated carbocycles. The average Bonchev–Trinajstić information content (AvgIpc) is 3.24. The fraction of sp³-hybridized carbons (Fsp3) is 0.696. The van der Waals surface area contributed by atoms with Gasteiger partial charge in [-0.3, -0.25) is 9.59 Å². The summed E-state index contributed by atoms with van der Waals surface area (Å²) in [5, 5.41) is 0. The molecule has 1 aliphatic heterocycles. The number of Topliss-reactive ketones (excluding diaryl/α,β-unsaturated/α-hetero) is 1. The summed E-state index contributed by atoms with van der Waals surface area (Å²) in [6, 6.07) is 0. The molecule has 30 heavy (non-hydrogen) atoms. The SMILES string of the molecule is CCn1c(C)c(C(=O)CN(C[C@@H]2CCCO2)C(=O)CC(C)(C)C)c(C)c1C(=O)OC. The van der Waals surface area contributed by atoms with Gasteiger partial charge in [-0.2, -0.15) is 0 Å². The second kappa shape index (κ2) is 9.77. The van der Waals surface area contributed by atoms with Crippen molar-refractivity contribution in [3.8, 4) is 0 Å². The van der Waals surface area contributed by atoms with Crippen LogP contribution in [0.2, 0.25) is 0 Å². The van der Waals surface area contributed by atoms with Crippen molar-refractivity contribution in [3.63, 3.8) is 0 Å². The Kier molecular flexibility index (Phi) is 7.86. The molecule has 7 heteroatoms. The number of hydrogen-bond donors (Lipinski definition) is 0. The number of carbonyl (C=O) groups excluding carboxylic acids is 3. The third kappa shape index (κ3) is 5.50. The van der Waals surface area contributed by atoms with E-state index < -0.39 is 5.97 Å². The lowest BCUT2D eigenvalue weighted by Gasteiger charge is -2.28. The Morgan fingerprint density at radius 1 is 1.23 bits per heavy atom. The molecule has 0 bridgehead atoms. The highest BCUT2D eigenvalue weighted by atomic mass is 16.5. The number of ether oxygens (including phenoxy) is 2. The van der Waals surface area contributed by atoms with E-state index in [2.05, 4.69) is 0 Å². The molecule has 1 saturated heterocycles. The fourth-order valence-electron chi connectivity index (χ4n) is 4.17. The van der Waals surface area contributed by atoms with Gasteiger partial charge in [0.1, 0.15) is 5.69 Å². The van der Waals surface area contributed by atoms with Gasteiger partial charge in [-0.15, -0.1) is 0 Å². The van der Waals surface area contributed by atoms with Crippen LogP contribution in [0, 0.1) is 19.3 Å². The Hall–Kier alpha value is -2.15. The number of methoxy groups -OCH3 is 1. The zero-order valence-electron chi connectivity index (χ0n) is 19.5. The van der Waals surface area contributed by atoms with Gasteiger partial charge in [-0.1, -0.05) is 20.8 Å². The Morgan fingerprint density at radius 3 is 2.40 bits per heavy atom. The van der Waals surface area contributed by atoms with Crippen LogP contribution < -0.4 is 0 Å². The van der Waals surface area contributed by atoms with E-state index in [1.807, 2.05) is 34.6 Å². The molecule has 1 aliphatic rings. The Labute approximate surface area is 179 Å². The molecule has 1 fully saturated rings. The molecule has 0 aromatic carbocycles. The molecule has 0 spiro atoms. The molecule has 0 unspecified atom stereocenters. The van der Waals surface area contributed by atoms with Crippen LogP contribution in [0.25, 0.3) is 0 Å². The monoisotopic (exact) mass is 420 g/mol. The van der Waals surface area contributed by atoms with Crippen molar-refractivity contribution in [2.24, 2.45) is 5.41 Å². The van der Waals surface area contributed by atoms with Crippen LogP contribution in [-0.2, 0) is 20.8 Å². The first-order valence-electron chi connectivity index (χ1n) is 10.7. The molecular weight excluding hydrogens is 384 g/mol. The van der Waals surface area contributed by atoms with Crippen LogP contribution in [-0.4, -0.2) is 60.0 Å². The first kappa shape index (κ1) is 24.1. The number of hydrogen-bond acceptors (Lipinski definition) is 5. The van der Waals surface area contributed by atoms with Crippen LogP contribution >= 0.6 is 0 Å². The molecular formula is C23H36N2O5. The standard InChI is InChI=1S/C23H36N2O5/c1-8-25-16(3)20(15(2)21(25)22(28)29-7)18(26)14-24(13-17-10-9-11-30-17)19(27)12-23(4,5)6/h17H,8-14H2,1-7H3/t17-/m0/s1. The Bertz CT molecular complexity index is 797. The fourth-order valence-corrected chi connectivity index (χ4v) is 4.17. The number of aromatic nitrogens is 1. The zero-order valence-corrected chi connectivity index (χ0v) is 19.5. The van der Waals surface area contributed by atoms with Gasteiger partial charge < -0.3 is 18.9 Å². The van der Waals surface area contributed by atoms with Crippen molar-refractivity contribution < 1.29 is 23.9 Å². The molecule has 1 amide bonds. The van der Waals surface area contributed by atoms with Crippen molar-refractivity contribution in [2.75, 3.05) is 26.8 Å². The number of carbonyl (C=O) groups is 3. The van der Waals surface area contributed by atoms with E-state index in [0.29, 0.717) is 42.9 Å². The minimum absolute atomic E-state index is 0.0230. The van der Waals surface area contributed by atoms with E-state index in [1.165, 1.54) is 7.11 Å². The summed E-state index contributed by atoms with van der Waals surface area (Å²) in [6.45, 7) is 13.2. The van der Waals surface area contributed by atoms with Gasteiger partial charge in [0.15, 0.2) is 5.78 Å². The quantitative estimate of drug-likeness (QED) is 0.475. The molecule has 0 radical (unpaired) electrons. The van der Waals surface area contributed by atoms with Gasteiger partial charge >= 0.3 is 5.97 Å². The van der Waals surface area contributed by atoms with Crippen LogP contribution in [0.1, 0.15) is 79.1 Å². The number of amides is 1. The maximum absolute atomic E-state index is 13.3. The molecule has 168 valence electrons. The number of nitrogens with zero attached hydrogens (tertiary/aromatic N) is 2. The van der Waals surface area contributed by atoms with Crippen molar-refractivity contribution in [2.45, 2.75) is 73.5 Å². The lowest BCUT2D eigenvalue weighted by molar-refractivity contribution is -0.134. The van der Waals surface area contributed by atoms with Crippen molar-refractivity contribution in [3.05, 3.63) is 22.5 Å². The summed E-state index contributed by atoms with van der Waals surface area (Å²) in [5.41, 5.74) is 2.04. The lowest BCUT2D eigenvalue weighted by atomic mass is 9.91. The number of rotatable bonds is 8. The summed E-state index contributed by atoms with van der Waals surface area (Å²) in [5.74, 6) is -0.677. The second-order valence-corrected chi connectivity index (χ2v) is 9.24. The first-order valence-corrected chi connectivity index (χ1v) is 10.7. The van der Waals surface area contributed by atoms with Gasteiger partial charge in [0.25, 0.3) is 0 Å². The molecule has 1 aromatic heterocycles. The average molecular weight is 421 g/mol. The smallest absolute Gasteiger partial charge is 0.354 e. The molecule has 2 rings (SSSR count). The van der Waals surface area contributed by atoms with Gasteiger partial charge in [0, 0.05) is 37.4 Å². The Morgan fingerprint density at radius 2 is 1.90 bits per heavy atom. The van der Waals surface area contributed by atoms with Crippen molar-refractivity contribution >= 4 is 17.7 Å². The largest absolute Gasteiger partial charge is 0.464 e. The highest BCUT2D eigenvalue weighted by Gasteiger charge is 2.31. The summed E-state index contributed by atoms with van der Waals surface area (Å²) in [4.78, 5) is 40.3. The van der Waals surface area contributed by atoms with Crippen molar-refractivity contribution in [1.82, 2.24) is 9.47 Å². The van der Waals surface area contributed by atoms with Crippen molar-refractivity contribution in [1.29, 1.82) is 0 Å². The summed E-state index contributed by atoms with van der Waals surface area (Å²) >= 11 is 0. The maximum atomic E-state index is 13.3. The highest BCUT2D eigenvalue weighted by molar-refractivity contribution is 6.04. The normalized spacial score (nSPS) is 16.6. The predicted octanol–water partition coefficient (Wildman–Crippen LogP) is 3.54. The topological polar surface area (TPSA) is 77.8 Å². The summed E-state index contributed by atoms with van der Waals surface area (Å²) < 4.78 is 12.4. The summed E-state index contributed by atoms with van der Waals surface area (Å²) in [7, 11) is 1.33.